The minimum Gasteiger partial charge on any atom is -0.333 e. The van der Waals surface area contributed by atoms with E-state index < -0.39 is 23.1 Å². The molecule has 0 aliphatic heterocycles. The second-order valence-corrected chi connectivity index (χ2v) is 4.10. The van der Waals surface area contributed by atoms with Crippen molar-refractivity contribution in [1.29, 1.82) is 0 Å². The first kappa shape index (κ1) is 12.7. The Morgan fingerprint density at radius 3 is 2.56 bits per heavy atom. The Kier molecular flexibility index (Phi) is 3.43. The fourth-order valence-corrected chi connectivity index (χ4v) is 1.54. The van der Waals surface area contributed by atoms with Gasteiger partial charge in [-0.15, -0.1) is 0 Å². The molecule has 0 unspecified atom stereocenters. The number of nitrogens with zero attached hydrogens (tertiary/aromatic N) is 1. The molecule has 6 heteroatoms. The SMILES string of the molecule is Cc1ccc(F)c(Nc2ncc(Cl)cc2F)c1F. The van der Waals surface area contributed by atoms with E-state index in [1.165, 1.54) is 19.2 Å². The molecule has 94 valence electrons. The van der Waals surface area contributed by atoms with Crippen molar-refractivity contribution < 1.29 is 13.2 Å². The van der Waals surface area contributed by atoms with E-state index in [2.05, 4.69) is 10.3 Å². The van der Waals surface area contributed by atoms with Gasteiger partial charge in [-0.25, -0.2) is 18.2 Å². The fraction of sp³-hybridized carbons (Fsp3) is 0.0833. The molecule has 2 rings (SSSR count). The molecule has 1 aromatic heterocycles. The van der Waals surface area contributed by atoms with E-state index in [-0.39, 0.29) is 16.4 Å². The molecule has 0 fully saturated rings. The molecule has 0 saturated carbocycles. The van der Waals surface area contributed by atoms with Gasteiger partial charge in [0.15, 0.2) is 17.5 Å². The second kappa shape index (κ2) is 4.86. The van der Waals surface area contributed by atoms with Gasteiger partial charge in [-0.3, -0.25) is 0 Å². The minimum absolute atomic E-state index is 0.100. The smallest absolute Gasteiger partial charge is 0.167 e. The zero-order valence-corrected chi connectivity index (χ0v) is 10.0. The highest BCUT2D eigenvalue weighted by molar-refractivity contribution is 6.30. The van der Waals surface area contributed by atoms with Crippen LogP contribution in [0.1, 0.15) is 5.56 Å². The highest BCUT2D eigenvalue weighted by Gasteiger charge is 2.14. The Morgan fingerprint density at radius 1 is 1.17 bits per heavy atom. The van der Waals surface area contributed by atoms with Crippen molar-refractivity contribution in [1.82, 2.24) is 4.98 Å². The van der Waals surface area contributed by atoms with Crippen LogP contribution in [0, 0.1) is 24.4 Å². The summed E-state index contributed by atoms with van der Waals surface area (Å²) in [5.74, 6) is -2.69. The average molecular weight is 273 g/mol. The van der Waals surface area contributed by atoms with E-state index in [0.717, 1.165) is 12.1 Å². The van der Waals surface area contributed by atoms with Gasteiger partial charge in [-0.1, -0.05) is 17.7 Å². The molecule has 2 nitrogen and oxygen atoms in total. The number of nitrogens with one attached hydrogen (secondary N) is 1. The minimum atomic E-state index is -0.825. The van der Waals surface area contributed by atoms with Crippen molar-refractivity contribution in [2.24, 2.45) is 0 Å². The standard InChI is InChI=1S/C12H8ClF3N2/c1-6-2-3-8(14)11(10(6)16)18-12-9(15)4-7(13)5-17-12/h2-5H,1H3,(H,17,18). The number of hydrogen-bond acceptors (Lipinski definition) is 2. The highest BCUT2D eigenvalue weighted by Crippen LogP contribution is 2.26. The number of aromatic nitrogens is 1. The Morgan fingerprint density at radius 2 is 1.89 bits per heavy atom. The van der Waals surface area contributed by atoms with Crippen LogP contribution in [-0.4, -0.2) is 4.98 Å². The maximum Gasteiger partial charge on any atom is 0.167 e. The van der Waals surface area contributed by atoms with Crippen LogP contribution in [0.25, 0.3) is 0 Å². The molecule has 0 amide bonds. The Hall–Kier alpha value is -1.75. The van der Waals surface area contributed by atoms with Gasteiger partial charge in [-0.05, 0) is 24.6 Å². The predicted octanol–water partition coefficient (Wildman–Crippen LogP) is 4.20. The van der Waals surface area contributed by atoms with Crippen molar-refractivity contribution in [2.45, 2.75) is 6.92 Å². The van der Waals surface area contributed by atoms with Crippen LogP contribution in [0.2, 0.25) is 5.02 Å². The van der Waals surface area contributed by atoms with E-state index in [1.807, 2.05) is 0 Å². The van der Waals surface area contributed by atoms with E-state index >= 15 is 0 Å². The van der Waals surface area contributed by atoms with E-state index in [1.54, 1.807) is 0 Å². The molecule has 1 N–H and O–H groups in total. The van der Waals surface area contributed by atoms with E-state index in [9.17, 15) is 13.2 Å². The third-order valence-corrected chi connectivity index (χ3v) is 2.54. The summed E-state index contributed by atoms with van der Waals surface area (Å²) in [7, 11) is 0. The molecule has 0 aliphatic carbocycles. The van der Waals surface area contributed by atoms with Crippen LogP contribution < -0.4 is 5.32 Å². The highest BCUT2D eigenvalue weighted by atomic mass is 35.5. The summed E-state index contributed by atoms with van der Waals surface area (Å²) in [6.45, 7) is 1.48. The van der Waals surface area contributed by atoms with Gasteiger partial charge in [0, 0.05) is 6.20 Å². The first-order chi connectivity index (χ1) is 8.49. The number of pyridine rings is 1. The molecule has 0 radical (unpaired) electrons. The molecule has 2 aromatic rings. The topological polar surface area (TPSA) is 24.9 Å². The summed E-state index contributed by atoms with van der Waals surface area (Å²) in [6, 6.07) is 3.39. The molecule has 0 spiro atoms. The van der Waals surface area contributed by atoms with Gasteiger partial charge < -0.3 is 5.32 Å². The Labute approximate surface area is 106 Å². The maximum absolute atomic E-state index is 13.7. The van der Waals surface area contributed by atoms with Gasteiger partial charge in [0.25, 0.3) is 0 Å². The normalized spacial score (nSPS) is 10.5. The molecule has 0 bridgehead atoms. The third kappa shape index (κ3) is 2.41. The van der Waals surface area contributed by atoms with Gasteiger partial charge in [0.2, 0.25) is 0 Å². The van der Waals surface area contributed by atoms with Gasteiger partial charge in [0.05, 0.1) is 5.02 Å². The summed E-state index contributed by atoms with van der Waals surface area (Å²) in [4.78, 5) is 3.63. The van der Waals surface area contributed by atoms with Crippen LogP contribution in [0.4, 0.5) is 24.7 Å². The molecule has 1 heterocycles. The van der Waals surface area contributed by atoms with Gasteiger partial charge in [0.1, 0.15) is 11.5 Å². The molecule has 0 atom stereocenters. The second-order valence-electron chi connectivity index (χ2n) is 3.66. The molecular formula is C12H8ClF3N2. The van der Waals surface area contributed by atoms with Crippen LogP contribution in [0.3, 0.4) is 0 Å². The molecule has 0 aliphatic rings. The van der Waals surface area contributed by atoms with Crippen LogP contribution in [0.5, 0.6) is 0 Å². The zero-order valence-electron chi connectivity index (χ0n) is 9.27. The summed E-state index contributed by atoms with van der Waals surface area (Å²) in [5, 5.41) is 2.38. The summed E-state index contributed by atoms with van der Waals surface area (Å²) in [6.07, 6.45) is 1.18. The lowest BCUT2D eigenvalue weighted by Gasteiger charge is -2.10. The number of halogens is 4. The maximum atomic E-state index is 13.7. The first-order valence-corrected chi connectivity index (χ1v) is 5.39. The van der Waals surface area contributed by atoms with Gasteiger partial charge in [-0.2, -0.15) is 0 Å². The number of benzene rings is 1. The quantitative estimate of drug-likeness (QED) is 0.886. The Bertz CT molecular complexity index is 602. The fourth-order valence-electron chi connectivity index (χ4n) is 1.40. The zero-order chi connectivity index (χ0) is 13.3. The van der Waals surface area contributed by atoms with E-state index in [0.29, 0.717) is 0 Å². The lowest BCUT2D eigenvalue weighted by molar-refractivity contribution is 0.583. The van der Waals surface area contributed by atoms with Crippen molar-refractivity contribution in [2.75, 3.05) is 5.32 Å². The number of rotatable bonds is 2. The number of anilines is 2. The predicted molar refractivity (Wildman–Crippen MR) is 63.6 cm³/mol. The molecular weight excluding hydrogens is 265 g/mol. The van der Waals surface area contributed by atoms with Crippen molar-refractivity contribution >= 4 is 23.1 Å². The average Bonchev–Trinajstić information content (AvgIpc) is 2.32. The molecule has 0 saturated heterocycles. The van der Waals surface area contributed by atoms with Crippen molar-refractivity contribution in [3.8, 4) is 0 Å². The van der Waals surface area contributed by atoms with E-state index in [4.69, 9.17) is 11.6 Å². The first-order valence-electron chi connectivity index (χ1n) is 5.01. The van der Waals surface area contributed by atoms with Crippen LogP contribution in [0.15, 0.2) is 24.4 Å². The number of hydrogen-bond donors (Lipinski definition) is 1. The lowest BCUT2D eigenvalue weighted by Crippen LogP contribution is -2.02. The lowest BCUT2D eigenvalue weighted by atomic mass is 10.2. The summed E-state index contributed by atoms with van der Waals surface area (Å²) >= 11 is 5.53. The van der Waals surface area contributed by atoms with Crippen molar-refractivity contribution in [3.63, 3.8) is 0 Å². The largest absolute Gasteiger partial charge is 0.333 e. The van der Waals surface area contributed by atoms with Crippen LogP contribution >= 0.6 is 11.6 Å². The van der Waals surface area contributed by atoms with Gasteiger partial charge >= 0.3 is 0 Å². The summed E-state index contributed by atoms with van der Waals surface area (Å²) < 4.78 is 40.6. The van der Waals surface area contributed by atoms with Crippen molar-refractivity contribution in [3.05, 3.63) is 52.4 Å². The number of aryl methyl sites for hydroxylation is 1. The molecule has 1 aromatic carbocycles. The van der Waals surface area contributed by atoms with Crippen LogP contribution in [-0.2, 0) is 0 Å². The monoisotopic (exact) mass is 272 g/mol. The molecule has 18 heavy (non-hydrogen) atoms. The summed E-state index contributed by atoms with van der Waals surface area (Å²) in [5.41, 5.74) is -0.197. The third-order valence-electron chi connectivity index (χ3n) is 2.34. The Balaban J connectivity index is 2.43.